The van der Waals surface area contributed by atoms with Crippen LogP contribution in [0.2, 0.25) is 0 Å². The summed E-state index contributed by atoms with van der Waals surface area (Å²) in [6.45, 7) is 2.94. The SMILES string of the molecule is CCCCCOC(=O)/N=C1\NC(=O)N(C2O[C@H](C)[C@H](OC(=O)CCc3ccccc3N=Nc3ccc(C(=O)O)cc3)[C@@H]2OC(=O)CCc2ccccc2N=Nc2ccc(C(=O)O)cc2)CC1F. The Bertz CT molecular complexity index is 2520. The molecule has 0 saturated carbocycles. The van der Waals surface area contributed by atoms with Crippen LogP contribution in [0.5, 0.6) is 0 Å². The largest absolute Gasteiger partial charge is 0.478 e. The zero-order valence-corrected chi connectivity index (χ0v) is 36.5. The molecule has 3 amide bonds. The number of benzene rings is 4. The molecule has 350 valence electrons. The van der Waals surface area contributed by atoms with Crippen LogP contribution in [0.4, 0.5) is 36.7 Å². The number of halogens is 1. The second-order valence-electron chi connectivity index (χ2n) is 15.4. The van der Waals surface area contributed by atoms with Gasteiger partial charge in [0.2, 0.25) is 0 Å². The summed E-state index contributed by atoms with van der Waals surface area (Å²) in [5, 5.41) is 37.6. The highest BCUT2D eigenvalue weighted by Crippen LogP contribution is 2.32. The molecule has 2 aliphatic rings. The highest BCUT2D eigenvalue weighted by molar-refractivity contribution is 6.05. The molecule has 0 aromatic heterocycles. The van der Waals surface area contributed by atoms with E-state index in [9.17, 15) is 39.0 Å². The number of aliphatic imine (C=N–C) groups is 1. The third kappa shape index (κ3) is 13.6. The number of nitrogens with zero attached hydrogens (tertiary/aromatic N) is 6. The maximum absolute atomic E-state index is 15.7. The summed E-state index contributed by atoms with van der Waals surface area (Å²) in [7, 11) is 0. The Labute approximate surface area is 383 Å². The van der Waals surface area contributed by atoms with Crippen molar-refractivity contribution in [1.29, 1.82) is 0 Å². The van der Waals surface area contributed by atoms with Crippen molar-refractivity contribution in [1.82, 2.24) is 10.2 Å². The van der Waals surface area contributed by atoms with Crippen molar-refractivity contribution >= 4 is 64.6 Å². The minimum absolute atomic E-state index is 0.0752. The van der Waals surface area contributed by atoms with E-state index in [1.165, 1.54) is 48.5 Å². The number of hydrogen-bond donors (Lipinski definition) is 3. The van der Waals surface area contributed by atoms with Crippen LogP contribution in [0, 0.1) is 0 Å². The molecular weight excluding hydrogens is 874 g/mol. The predicted octanol–water partition coefficient (Wildman–Crippen LogP) is 9.14. The minimum Gasteiger partial charge on any atom is -0.478 e. The smallest absolute Gasteiger partial charge is 0.435 e. The van der Waals surface area contributed by atoms with Gasteiger partial charge in [-0.3, -0.25) is 19.8 Å². The normalized spacial score (nSPS) is 19.9. The van der Waals surface area contributed by atoms with E-state index in [0.29, 0.717) is 40.3 Å². The Morgan fingerprint density at radius 3 is 1.75 bits per heavy atom. The number of amides is 3. The zero-order chi connectivity index (χ0) is 47.9. The number of ether oxygens (including phenoxy) is 4. The number of rotatable bonds is 19. The molecule has 19 nitrogen and oxygen atoms in total. The Kier molecular flexibility index (Phi) is 17.0. The van der Waals surface area contributed by atoms with E-state index in [2.05, 4.69) is 30.8 Å². The number of carboxylic acid groups (broad SMARTS) is 2. The van der Waals surface area contributed by atoms with Crippen LogP contribution in [0.1, 0.15) is 77.8 Å². The van der Waals surface area contributed by atoms with Gasteiger partial charge in [0.15, 0.2) is 30.4 Å². The summed E-state index contributed by atoms with van der Waals surface area (Å²) >= 11 is 0. The topological polar surface area (TPSA) is 257 Å². The van der Waals surface area contributed by atoms with E-state index >= 15 is 4.39 Å². The number of alkyl halides is 1. The molecule has 0 radical (unpaired) electrons. The number of aromatic carboxylic acids is 2. The predicted molar refractivity (Wildman–Crippen MR) is 237 cm³/mol. The molecule has 5 atom stereocenters. The molecule has 2 unspecified atom stereocenters. The number of carbonyl (C=O) groups is 6. The molecule has 2 fully saturated rings. The van der Waals surface area contributed by atoms with Crippen molar-refractivity contribution in [3.8, 4) is 0 Å². The number of amidine groups is 1. The first-order chi connectivity index (χ1) is 32.3. The van der Waals surface area contributed by atoms with Gasteiger partial charge in [-0.05, 0) is 98.0 Å². The first-order valence-corrected chi connectivity index (χ1v) is 21.5. The van der Waals surface area contributed by atoms with Gasteiger partial charge in [0.05, 0.1) is 53.1 Å². The van der Waals surface area contributed by atoms with Gasteiger partial charge >= 0.3 is 36.0 Å². The van der Waals surface area contributed by atoms with Crippen molar-refractivity contribution in [2.24, 2.45) is 25.4 Å². The van der Waals surface area contributed by atoms with E-state index in [-0.39, 0.29) is 43.4 Å². The second kappa shape index (κ2) is 23.4. The van der Waals surface area contributed by atoms with Gasteiger partial charge in [0.25, 0.3) is 0 Å². The zero-order valence-electron chi connectivity index (χ0n) is 36.5. The fourth-order valence-electron chi connectivity index (χ4n) is 7.00. The summed E-state index contributed by atoms with van der Waals surface area (Å²) in [5.74, 6) is -4.21. The Morgan fingerprint density at radius 2 is 1.24 bits per heavy atom. The first kappa shape index (κ1) is 48.7. The standard InChI is InChI=1S/C47H48FN7O12/c1-3-4-9-26-64-47(63)50-42-35(48)27-55(46(62)49-42)43-41(67-39(57)25-19-30-11-6-8-13-37(30)54-52-34-22-16-32(17-23-34)45(60)61)40(28(2)65-43)66-38(56)24-18-29-10-5-7-12-36(29)53-51-33-20-14-31(15-21-33)44(58)59/h5-8,10-17,20-23,28,35,40-41,43H,3-4,9,18-19,24-27H2,1-2H3,(H,58,59)(H,60,61)(H,49,50,62,63)/t28-,35?,40+,41+,43?/m1/s1. The van der Waals surface area contributed by atoms with Crippen LogP contribution < -0.4 is 5.32 Å². The van der Waals surface area contributed by atoms with E-state index in [4.69, 9.17) is 18.9 Å². The quantitative estimate of drug-likeness (QED) is 0.0344. The monoisotopic (exact) mass is 921 g/mol. The van der Waals surface area contributed by atoms with Crippen molar-refractivity contribution in [2.45, 2.75) is 89.5 Å². The van der Waals surface area contributed by atoms with Crippen molar-refractivity contribution in [2.75, 3.05) is 13.2 Å². The molecule has 3 N–H and O–H groups in total. The molecule has 4 aromatic rings. The average Bonchev–Trinajstić information content (AvgIpc) is 3.61. The molecule has 2 aliphatic heterocycles. The lowest BCUT2D eigenvalue weighted by Crippen LogP contribution is -2.61. The molecule has 67 heavy (non-hydrogen) atoms. The third-order valence-corrected chi connectivity index (χ3v) is 10.6. The van der Waals surface area contributed by atoms with Crippen LogP contribution in [-0.4, -0.2) is 101 Å². The highest BCUT2D eigenvalue weighted by Gasteiger charge is 2.53. The summed E-state index contributed by atoms with van der Waals surface area (Å²) in [5.41, 5.74) is 3.12. The lowest BCUT2D eigenvalue weighted by atomic mass is 10.1. The van der Waals surface area contributed by atoms with Gasteiger partial charge in [-0.15, -0.1) is 0 Å². The van der Waals surface area contributed by atoms with Gasteiger partial charge in [0, 0.05) is 12.8 Å². The van der Waals surface area contributed by atoms with Crippen LogP contribution >= 0.6 is 0 Å². The molecule has 20 heteroatoms. The maximum atomic E-state index is 15.7. The van der Waals surface area contributed by atoms with E-state index in [0.717, 1.165) is 17.7 Å². The maximum Gasteiger partial charge on any atom is 0.435 e. The summed E-state index contributed by atoms with van der Waals surface area (Å²) in [6, 6.07) is 24.5. The molecule has 4 aromatic carbocycles. The number of nitrogens with one attached hydrogen (secondary N) is 1. The number of azo groups is 2. The minimum atomic E-state index is -2.00. The van der Waals surface area contributed by atoms with E-state index in [1.807, 2.05) is 6.92 Å². The van der Waals surface area contributed by atoms with Crippen LogP contribution in [0.25, 0.3) is 0 Å². The van der Waals surface area contributed by atoms with Gasteiger partial charge in [-0.1, -0.05) is 56.2 Å². The molecule has 0 aliphatic carbocycles. The number of aryl methyl sites for hydroxylation is 2. The van der Waals surface area contributed by atoms with E-state index < -0.39 is 79.1 Å². The Morgan fingerprint density at radius 1 is 0.731 bits per heavy atom. The summed E-state index contributed by atoms with van der Waals surface area (Å²) in [4.78, 5) is 80.1. The fourth-order valence-corrected chi connectivity index (χ4v) is 7.00. The molecule has 6 rings (SSSR count). The molecular formula is C47H48FN7O12. The molecule has 2 heterocycles. The number of esters is 2. The highest BCUT2D eigenvalue weighted by atomic mass is 19.1. The van der Waals surface area contributed by atoms with Gasteiger partial charge in [-0.2, -0.15) is 25.4 Å². The van der Waals surface area contributed by atoms with Gasteiger partial charge in [-0.25, -0.2) is 23.6 Å². The first-order valence-electron chi connectivity index (χ1n) is 21.5. The van der Waals surface area contributed by atoms with Crippen LogP contribution in [-0.2, 0) is 41.4 Å². The molecule has 2 saturated heterocycles. The number of carbonyl (C=O) groups excluding carboxylic acids is 4. The number of hydrogen-bond acceptors (Lipinski definition) is 14. The number of unbranched alkanes of at least 4 members (excludes halogenated alkanes) is 2. The van der Waals surface area contributed by atoms with Crippen molar-refractivity contribution in [3.05, 3.63) is 119 Å². The van der Waals surface area contributed by atoms with Crippen molar-refractivity contribution < 1.29 is 62.3 Å². The Hall–Kier alpha value is -7.74. The molecule has 0 spiro atoms. The average molecular weight is 922 g/mol. The lowest BCUT2D eigenvalue weighted by molar-refractivity contribution is -0.169. The fraction of sp³-hybridized carbons (Fsp3) is 0.340. The Balaban J connectivity index is 1.16. The van der Waals surface area contributed by atoms with E-state index in [1.54, 1.807) is 55.5 Å². The number of carboxylic acids is 2. The summed E-state index contributed by atoms with van der Waals surface area (Å²) < 4.78 is 38.6. The van der Waals surface area contributed by atoms with Crippen molar-refractivity contribution in [3.63, 3.8) is 0 Å². The number of urea groups is 1. The van der Waals surface area contributed by atoms with Crippen LogP contribution in [0.3, 0.4) is 0 Å². The second-order valence-corrected chi connectivity index (χ2v) is 15.4. The van der Waals surface area contributed by atoms with Gasteiger partial charge < -0.3 is 29.2 Å². The summed E-state index contributed by atoms with van der Waals surface area (Å²) in [6.07, 6.45) is -6.03. The third-order valence-electron chi connectivity index (χ3n) is 10.6. The van der Waals surface area contributed by atoms with Crippen LogP contribution in [0.15, 0.2) is 123 Å². The van der Waals surface area contributed by atoms with Gasteiger partial charge in [0.1, 0.15) is 0 Å². The molecule has 0 bridgehead atoms. The lowest BCUT2D eigenvalue weighted by Gasteiger charge is -2.36.